The fraction of sp³-hybridized carbons (Fsp3) is 0.0278. The van der Waals surface area contributed by atoms with Gasteiger partial charge in [0.05, 0.1) is 23.0 Å². The number of hydrogen-bond donors (Lipinski definition) is 1. The summed E-state index contributed by atoms with van der Waals surface area (Å²) in [6.07, 6.45) is 3.82. The zero-order valence-electron chi connectivity index (χ0n) is 22.2. The molecule has 0 radical (unpaired) electrons. The van der Waals surface area contributed by atoms with Crippen LogP contribution >= 0.6 is 0 Å². The van der Waals surface area contributed by atoms with Crippen molar-refractivity contribution in [1.29, 1.82) is 0 Å². The van der Waals surface area contributed by atoms with Crippen molar-refractivity contribution in [2.45, 2.75) is 6.54 Å². The van der Waals surface area contributed by atoms with E-state index in [1.165, 1.54) is 16.3 Å². The third-order valence-corrected chi connectivity index (χ3v) is 7.44. The second-order valence-corrected chi connectivity index (χ2v) is 10.0. The molecule has 7 aromatic rings. The van der Waals surface area contributed by atoms with Gasteiger partial charge in [0.1, 0.15) is 0 Å². The van der Waals surface area contributed by atoms with E-state index in [2.05, 4.69) is 75.9 Å². The number of nitrogens with zero attached hydrogens (tertiary/aromatic N) is 3. The maximum absolute atomic E-state index is 13.4. The number of carbonyl (C=O) groups excluding carboxylic acids is 1. The first-order chi connectivity index (χ1) is 20.2. The van der Waals surface area contributed by atoms with Crippen molar-refractivity contribution in [3.63, 3.8) is 0 Å². The summed E-state index contributed by atoms with van der Waals surface area (Å²) in [4.78, 5) is 18.2. The summed E-state index contributed by atoms with van der Waals surface area (Å²) < 4.78 is 2.24. The van der Waals surface area contributed by atoms with Crippen molar-refractivity contribution in [1.82, 2.24) is 15.0 Å². The molecule has 0 aliphatic rings. The Morgan fingerprint density at radius 3 is 2.34 bits per heavy atom. The Bertz CT molecular complexity index is 2070. The van der Waals surface area contributed by atoms with Crippen LogP contribution in [0.15, 0.2) is 139 Å². The first-order valence-corrected chi connectivity index (χ1v) is 13.6. The average Bonchev–Trinajstić information content (AvgIpc) is 3.38. The van der Waals surface area contributed by atoms with Crippen LogP contribution in [0.1, 0.15) is 21.5 Å². The Morgan fingerprint density at radius 1 is 0.756 bits per heavy atom. The third-order valence-electron chi connectivity index (χ3n) is 7.44. The lowest BCUT2D eigenvalue weighted by Gasteiger charge is -2.09. The minimum absolute atomic E-state index is 0.281. The highest BCUT2D eigenvalue weighted by Gasteiger charge is 2.14. The molecule has 0 saturated heterocycles. The van der Waals surface area contributed by atoms with E-state index < -0.39 is 0 Å². The zero-order chi connectivity index (χ0) is 27.6. The molecule has 0 atom stereocenters. The average molecular weight is 531 g/mol. The van der Waals surface area contributed by atoms with Crippen LogP contribution in [0.2, 0.25) is 0 Å². The Balaban J connectivity index is 1.20. The second kappa shape index (κ2) is 10.5. The molecule has 0 unspecified atom stereocenters. The lowest BCUT2D eigenvalue weighted by molar-refractivity contribution is 0.0956. The molecule has 2 heterocycles. The monoisotopic (exact) mass is 530 g/mol. The molecular weight excluding hydrogens is 504 g/mol. The van der Waals surface area contributed by atoms with Gasteiger partial charge >= 0.3 is 0 Å². The lowest BCUT2D eigenvalue weighted by atomic mass is 10.0. The second-order valence-electron chi connectivity index (χ2n) is 10.0. The maximum Gasteiger partial charge on any atom is 0.272 e. The van der Waals surface area contributed by atoms with Gasteiger partial charge in [-0.05, 0) is 34.5 Å². The Morgan fingerprint density at radius 2 is 1.46 bits per heavy atom. The van der Waals surface area contributed by atoms with Crippen LogP contribution < -0.4 is 5.43 Å². The Labute approximate surface area is 237 Å². The lowest BCUT2D eigenvalue weighted by Crippen LogP contribution is -2.18. The molecule has 5 nitrogen and oxygen atoms in total. The predicted octanol–water partition coefficient (Wildman–Crippen LogP) is 7.82. The molecule has 196 valence electrons. The van der Waals surface area contributed by atoms with Crippen molar-refractivity contribution >= 4 is 44.7 Å². The largest absolute Gasteiger partial charge is 0.342 e. The summed E-state index contributed by atoms with van der Waals surface area (Å²) in [6.45, 7) is 0.729. The van der Waals surface area contributed by atoms with Gasteiger partial charge in [-0.25, -0.2) is 10.4 Å². The predicted molar refractivity (Wildman–Crippen MR) is 167 cm³/mol. The van der Waals surface area contributed by atoms with Gasteiger partial charge in [-0.2, -0.15) is 5.10 Å². The number of nitrogens with one attached hydrogen (secondary N) is 1. The van der Waals surface area contributed by atoms with Crippen LogP contribution in [0.3, 0.4) is 0 Å². The number of amides is 1. The molecule has 7 rings (SSSR count). The van der Waals surface area contributed by atoms with Crippen LogP contribution in [0.25, 0.3) is 43.8 Å². The van der Waals surface area contributed by atoms with Crippen molar-refractivity contribution in [3.8, 4) is 11.3 Å². The molecule has 1 N–H and O–H groups in total. The first-order valence-electron chi connectivity index (χ1n) is 13.6. The summed E-state index contributed by atoms with van der Waals surface area (Å²) in [5, 5.41) is 8.72. The smallest absolute Gasteiger partial charge is 0.272 e. The van der Waals surface area contributed by atoms with E-state index in [9.17, 15) is 4.79 Å². The molecule has 5 aromatic carbocycles. The highest BCUT2D eigenvalue weighted by Crippen LogP contribution is 2.26. The molecule has 0 aliphatic heterocycles. The van der Waals surface area contributed by atoms with E-state index in [1.54, 1.807) is 6.21 Å². The van der Waals surface area contributed by atoms with Crippen LogP contribution in [0.4, 0.5) is 0 Å². The number of para-hydroxylation sites is 2. The number of carbonyl (C=O) groups is 1. The fourth-order valence-electron chi connectivity index (χ4n) is 5.46. The number of benzene rings is 5. The van der Waals surface area contributed by atoms with Gasteiger partial charge in [-0.1, -0.05) is 109 Å². The summed E-state index contributed by atoms with van der Waals surface area (Å²) in [5.74, 6) is -0.281. The normalized spacial score (nSPS) is 11.5. The summed E-state index contributed by atoms with van der Waals surface area (Å²) in [6, 6.07) is 42.5. The number of rotatable bonds is 6. The van der Waals surface area contributed by atoms with E-state index >= 15 is 0 Å². The van der Waals surface area contributed by atoms with E-state index in [0.29, 0.717) is 5.56 Å². The van der Waals surface area contributed by atoms with Crippen LogP contribution in [-0.4, -0.2) is 21.7 Å². The Hall–Kier alpha value is -5.55. The summed E-state index contributed by atoms with van der Waals surface area (Å²) in [7, 11) is 0. The van der Waals surface area contributed by atoms with Crippen molar-refractivity contribution in [3.05, 3.63) is 150 Å². The number of hydrazone groups is 1. The molecule has 0 saturated carbocycles. The number of hydrogen-bond acceptors (Lipinski definition) is 3. The van der Waals surface area contributed by atoms with Gasteiger partial charge in [-0.15, -0.1) is 0 Å². The molecule has 41 heavy (non-hydrogen) atoms. The summed E-state index contributed by atoms with van der Waals surface area (Å²) >= 11 is 0. The van der Waals surface area contributed by atoms with Crippen LogP contribution in [0.5, 0.6) is 0 Å². The highest BCUT2D eigenvalue weighted by atomic mass is 16.2. The van der Waals surface area contributed by atoms with Crippen LogP contribution in [0, 0.1) is 0 Å². The SMILES string of the molecule is O=C(N/N=C\c1cn(Cc2cccc3ccccc23)c2ccccc12)c1cc(-c2ccccc2)nc2ccccc12. The molecule has 5 heteroatoms. The van der Waals surface area contributed by atoms with Gasteiger partial charge in [0.15, 0.2) is 0 Å². The van der Waals surface area contributed by atoms with Crippen molar-refractivity contribution in [2.75, 3.05) is 0 Å². The van der Waals surface area contributed by atoms with Gasteiger partial charge in [-0.3, -0.25) is 4.79 Å². The number of aromatic nitrogens is 2. The van der Waals surface area contributed by atoms with Gasteiger partial charge in [0.25, 0.3) is 5.91 Å². The standard InChI is InChI=1S/C36H26N4O/c41-36(32-21-34(26-12-2-1-3-13-26)38-33-19-8-6-18-31(32)33)39-37-22-28-24-40(35-20-9-7-17-30(28)35)23-27-15-10-14-25-11-4-5-16-29(25)27/h1-22,24H,23H2,(H,39,41)/b37-22-. The quantitative estimate of drug-likeness (QED) is 0.176. The molecule has 0 aliphatic carbocycles. The first kappa shape index (κ1) is 24.5. The van der Waals surface area contributed by atoms with Gasteiger partial charge < -0.3 is 4.57 Å². The minimum atomic E-state index is -0.281. The van der Waals surface area contributed by atoms with Crippen LogP contribution in [-0.2, 0) is 6.54 Å². The van der Waals surface area contributed by atoms with E-state index in [1.807, 2.05) is 72.8 Å². The number of pyridine rings is 1. The van der Waals surface area contributed by atoms with Crippen molar-refractivity contribution in [2.24, 2.45) is 5.10 Å². The van der Waals surface area contributed by atoms with E-state index in [4.69, 9.17) is 4.98 Å². The molecule has 0 fully saturated rings. The topological polar surface area (TPSA) is 59.3 Å². The highest BCUT2D eigenvalue weighted by molar-refractivity contribution is 6.07. The van der Waals surface area contributed by atoms with Crippen molar-refractivity contribution < 1.29 is 4.79 Å². The van der Waals surface area contributed by atoms with Gasteiger partial charge in [0, 0.05) is 40.2 Å². The van der Waals surface area contributed by atoms with Gasteiger partial charge in [0.2, 0.25) is 0 Å². The van der Waals surface area contributed by atoms with E-state index in [0.717, 1.165) is 45.2 Å². The molecule has 2 aromatic heterocycles. The molecule has 1 amide bonds. The maximum atomic E-state index is 13.4. The Kier molecular flexibility index (Phi) is 6.30. The molecular formula is C36H26N4O. The number of fused-ring (bicyclic) bond motifs is 3. The molecule has 0 spiro atoms. The third kappa shape index (κ3) is 4.74. The minimum Gasteiger partial charge on any atom is -0.342 e. The summed E-state index contributed by atoms with van der Waals surface area (Å²) in [5.41, 5.74) is 9.05. The van der Waals surface area contributed by atoms with E-state index in [-0.39, 0.29) is 5.91 Å². The molecule has 0 bridgehead atoms. The fourth-order valence-corrected chi connectivity index (χ4v) is 5.46. The zero-order valence-corrected chi connectivity index (χ0v) is 22.2.